The fraction of sp³-hybridized carbons (Fsp3) is 0.500. The van der Waals surface area contributed by atoms with E-state index in [9.17, 15) is 9.90 Å². The summed E-state index contributed by atoms with van der Waals surface area (Å²) in [5, 5.41) is 9.34. The molecule has 0 aliphatic heterocycles. The van der Waals surface area contributed by atoms with Gasteiger partial charge in [0.05, 0.1) is 11.5 Å². The average molecular weight is 234 g/mol. The molecule has 1 aliphatic rings. The minimum atomic E-state index is -0.699. The third-order valence-electron chi connectivity index (χ3n) is 3.60. The van der Waals surface area contributed by atoms with E-state index >= 15 is 0 Å². The second-order valence-corrected chi connectivity index (χ2v) is 4.79. The lowest BCUT2D eigenvalue weighted by Gasteiger charge is -2.17. The van der Waals surface area contributed by atoms with E-state index in [-0.39, 0.29) is 6.10 Å². The molecule has 1 fully saturated rings. The number of rotatable bonds is 5. The summed E-state index contributed by atoms with van der Waals surface area (Å²) in [6, 6.07) is 7.82. The highest BCUT2D eigenvalue weighted by molar-refractivity contribution is 5.85. The second-order valence-electron chi connectivity index (χ2n) is 4.79. The summed E-state index contributed by atoms with van der Waals surface area (Å²) in [6.45, 7) is 2.00. The molecule has 1 unspecified atom stereocenters. The van der Waals surface area contributed by atoms with Crippen LogP contribution in [0.5, 0.6) is 0 Å². The van der Waals surface area contributed by atoms with Gasteiger partial charge in [-0.05, 0) is 37.3 Å². The van der Waals surface area contributed by atoms with Crippen molar-refractivity contribution in [2.24, 2.45) is 0 Å². The summed E-state index contributed by atoms with van der Waals surface area (Å²) < 4.78 is 5.26. The molecule has 0 bridgehead atoms. The lowest BCUT2D eigenvalue weighted by molar-refractivity contribution is -0.140. The van der Waals surface area contributed by atoms with E-state index in [1.54, 1.807) is 7.11 Å². The first kappa shape index (κ1) is 12.1. The largest absolute Gasteiger partial charge is 0.481 e. The maximum absolute atomic E-state index is 11.4. The van der Waals surface area contributed by atoms with Crippen LogP contribution in [-0.4, -0.2) is 24.3 Å². The summed E-state index contributed by atoms with van der Waals surface area (Å²) in [7, 11) is 1.68. The summed E-state index contributed by atoms with van der Waals surface area (Å²) in [5.41, 5.74) is 1.45. The van der Waals surface area contributed by atoms with Crippen molar-refractivity contribution in [2.45, 2.75) is 37.7 Å². The minimum Gasteiger partial charge on any atom is -0.481 e. The number of carboxylic acid groups (broad SMARTS) is 1. The number of benzene rings is 1. The Hall–Kier alpha value is -1.35. The van der Waals surface area contributed by atoms with Crippen molar-refractivity contribution in [3.05, 3.63) is 35.4 Å². The van der Waals surface area contributed by atoms with Crippen LogP contribution in [0.1, 0.15) is 30.9 Å². The van der Waals surface area contributed by atoms with Gasteiger partial charge in [-0.2, -0.15) is 0 Å². The fourth-order valence-corrected chi connectivity index (χ4v) is 2.28. The van der Waals surface area contributed by atoms with Crippen molar-refractivity contribution in [1.82, 2.24) is 0 Å². The number of carbonyl (C=O) groups is 1. The van der Waals surface area contributed by atoms with E-state index in [4.69, 9.17) is 4.74 Å². The van der Waals surface area contributed by atoms with Gasteiger partial charge in [0, 0.05) is 7.11 Å². The highest BCUT2D eigenvalue weighted by atomic mass is 16.5. The summed E-state index contributed by atoms with van der Waals surface area (Å²) >= 11 is 0. The van der Waals surface area contributed by atoms with E-state index in [1.807, 2.05) is 31.2 Å². The molecule has 92 valence electrons. The van der Waals surface area contributed by atoms with Gasteiger partial charge in [0.1, 0.15) is 0 Å². The monoisotopic (exact) mass is 234 g/mol. The van der Waals surface area contributed by atoms with E-state index in [0.29, 0.717) is 0 Å². The molecule has 2 rings (SSSR count). The molecular weight excluding hydrogens is 216 g/mol. The normalized spacial score (nSPS) is 18.7. The highest BCUT2D eigenvalue weighted by Gasteiger charge is 2.52. The van der Waals surface area contributed by atoms with Crippen molar-refractivity contribution in [2.75, 3.05) is 7.11 Å². The van der Waals surface area contributed by atoms with Crippen LogP contribution in [0.4, 0.5) is 0 Å². The maximum atomic E-state index is 11.4. The van der Waals surface area contributed by atoms with Crippen LogP contribution in [0.25, 0.3) is 0 Å². The van der Waals surface area contributed by atoms with Gasteiger partial charge >= 0.3 is 5.97 Å². The van der Waals surface area contributed by atoms with Crippen LogP contribution in [0.3, 0.4) is 0 Å². The van der Waals surface area contributed by atoms with E-state index in [0.717, 1.165) is 30.4 Å². The number of ether oxygens (including phenoxy) is 1. The molecule has 1 N–H and O–H groups in total. The molecule has 0 spiro atoms. The van der Waals surface area contributed by atoms with E-state index in [2.05, 4.69) is 0 Å². The molecule has 0 heterocycles. The number of hydrogen-bond donors (Lipinski definition) is 1. The Labute approximate surface area is 101 Å². The average Bonchev–Trinajstić information content (AvgIpc) is 3.11. The Morgan fingerprint density at radius 2 is 2.12 bits per heavy atom. The lowest BCUT2D eigenvalue weighted by atomic mass is 9.89. The first-order valence-electron chi connectivity index (χ1n) is 5.95. The first-order valence-corrected chi connectivity index (χ1v) is 5.95. The zero-order valence-corrected chi connectivity index (χ0v) is 10.3. The molecule has 0 saturated heterocycles. The molecule has 1 aliphatic carbocycles. The van der Waals surface area contributed by atoms with Crippen LogP contribution >= 0.6 is 0 Å². The second kappa shape index (κ2) is 4.49. The number of methoxy groups -OCH3 is 1. The van der Waals surface area contributed by atoms with Gasteiger partial charge in [-0.1, -0.05) is 24.3 Å². The molecule has 1 saturated carbocycles. The summed E-state index contributed by atoms with van der Waals surface area (Å²) in [5.74, 6) is -0.699. The van der Waals surface area contributed by atoms with Gasteiger partial charge in [-0.3, -0.25) is 4.79 Å². The Kier molecular flexibility index (Phi) is 3.20. The fourth-order valence-electron chi connectivity index (χ4n) is 2.28. The summed E-state index contributed by atoms with van der Waals surface area (Å²) in [6.07, 6.45) is 2.38. The molecule has 0 amide bonds. The quantitative estimate of drug-likeness (QED) is 0.850. The van der Waals surface area contributed by atoms with Crippen LogP contribution < -0.4 is 0 Å². The molecule has 3 nitrogen and oxygen atoms in total. The Morgan fingerprint density at radius 3 is 2.65 bits per heavy atom. The van der Waals surface area contributed by atoms with E-state index in [1.165, 1.54) is 0 Å². The van der Waals surface area contributed by atoms with Gasteiger partial charge in [0.25, 0.3) is 0 Å². The van der Waals surface area contributed by atoms with E-state index < -0.39 is 11.4 Å². The zero-order chi connectivity index (χ0) is 12.5. The van der Waals surface area contributed by atoms with Crippen LogP contribution in [0.2, 0.25) is 0 Å². The van der Waals surface area contributed by atoms with Crippen LogP contribution in [-0.2, 0) is 21.4 Å². The predicted molar refractivity (Wildman–Crippen MR) is 65.2 cm³/mol. The van der Waals surface area contributed by atoms with Gasteiger partial charge in [0.2, 0.25) is 0 Å². The number of aliphatic carboxylic acids is 1. The standard InChI is InChI=1S/C14H18O3/c1-10(17-2)9-11-5-3-4-6-12(11)14(7-8-14)13(15)16/h3-6,10H,7-9H2,1-2H3,(H,15,16). The lowest BCUT2D eigenvalue weighted by Crippen LogP contribution is -2.22. The molecule has 1 atom stereocenters. The van der Waals surface area contributed by atoms with Crippen LogP contribution in [0.15, 0.2) is 24.3 Å². The predicted octanol–water partition coefficient (Wildman–Crippen LogP) is 2.38. The van der Waals surface area contributed by atoms with Crippen molar-refractivity contribution < 1.29 is 14.6 Å². The van der Waals surface area contributed by atoms with Crippen LogP contribution in [0, 0.1) is 0 Å². The first-order chi connectivity index (χ1) is 8.10. The van der Waals surface area contributed by atoms with Crippen molar-refractivity contribution >= 4 is 5.97 Å². The molecule has 17 heavy (non-hydrogen) atoms. The Balaban J connectivity index is 2.31. The Bertz CT molecular complexity index is 421. The van der Waals surface area contributed by atoms with Crippen molar-refractivity contribution in [1.29, 1.82) is 0 Å². The van der Waals surface area contributed by atoms with Crippen molar-refractivity contribution in [3.63, 3.8) is 0 Å². The highest BCUT2D eigenvalue weighted by Crippen LogP contribution is 2.49. The molecule has 0 radical (unpaired) electrons. The van der Waals surface area contributed by atoms with Gasteiger partial charge in [0.15, 0.2) is 0 Å². The van der Waals surface area contributed by atoms with Gasteiger partial charge < -0.3 is 9.84 Å². The maximum Gasteiger partial charge on any atom is 0.314 e. The molecule has 1 aromatic carbocycles. The Morgan fingerprint density at radius 1 is 1.47 bits per heavy atom. The SMILES string of the molecule is COC(C)Cc1ccccc1C1(C(=O)O)CC1. The zero-order valence-electron chi connectivity index (χ0n) is 10.3. The molecule has 3 heteroatoms. The number of hydrogen-bond acceptors (Lipinski definition) is 2. The summed E-state index contributed by atoms with van der Waals surface area (Å²) in [4.78, 5) is 11.4. The smallest absolute Gasteiger partial charge is 0.314 e. The molecule has 0 aromatic heterocycles. The number of carboxylic acids is 1. The topological polar surface area (TPSA) is 46.5 Å². The van der Waals surface area contributed by atoms with Gasteiger partial charge in [-0.15, -0.1) is 0 Å². The molecule has 1 aromatic rings. The minimum absolute atomic E-state index is 0.112. The third-order valence-corrected chi connectivity index (χ3v) is 3.60. The third kappa shape index (κ3) is 2.20. The van der Waals surface area contributed by atoms with Gasteiger partial charge in [-0.25, -0.2) is 0 Å². The van der Waals surface area contributed by atoms with Crippen molar-refractivity contribution in [3.8, 4) is 0 Å². The molecular formula is C14H18O3.